The van der Waals surface area contributed by atoms with Gasteiger partial charge in [0.15, 0.2) is 23.7 Å². The largest absolute Gasteiger partial charge is 0.504 e. The predicted octanol–water partition coefficient (Wildman–Crippen LogP) is 1.45. The summed E-state index contributed by atoms with van der Waals surface area (Å²) in [6.45, 7) is 2.20. The highest BCUT2D eigenvalue weighted by Crippen LogP contribution is 2.65. The fourth-order valence-corrected chi connectivity index (χ4v) is 6.78. The second-order valence-corrected chi connectivity index (χ2v) is 10.6. The average molecular weight is 507 g/mol. The van der Waals surface area contributed by atoms with Gasteiger partial charge in [-0.3, -0.25) is 4.79 Å². The Kier molecular flexibility index (Phi) is 5.38. The lowest BCUT2D eigenvalue weighted by Crippen LogP contribution is -2.74. The molecule has 194 valence electrons. The Bertz CT molecular complexity index is 1310. The molecule has 0 aromatic heterocycles. The number of nitrogens with one attached hydrogen (secondary N) is 1. The minimum absolute atomic E-state index is 0.0107. The zero-order valence-electron chi connectivity index (χ0n) is 20.7. The summed E-state index contributed by atoms with van der Waals surface area (Å²) in [5.41, 5.74) is 0.201. The van der Waals surface area contributed by atoms with Crippen molar-refractivity contribution in [2.24, 2.45) is 0 Å². The van der Waals surface area contributed by atoms with E-state index in [9.17, 15) is 24.9 Å². The van der Waals surface area contributed by atoms with E-state index in [4.69, 9.17) is 9.47 Å². The van der Waals surface area contributed by atoms with Crippen LogP contribution in [0.25, 0.3) is 0 Å². The quantitative estimate of drug-likeness (QED) is 0.449. The number of aliphatic hydroxyl groups is 2. The van der Waals surface area contributed by atoms with E-state index in [1.807, 2.05) is 13.1 Å². The molecule has 6 rings (SSSR count). The van der Waals surface area contributed by atoms with Crippen molar-refractivity contribution in [2.75, 3.05) is 13.6 Å². The first-order chi connectivity index (χ1) is 17.7. The first-order valence-electron chi connectivity index (χ1n) is 12.6. The summed E-state index contributed by atoms with van der Waals surface area (Å²) in [5, 5.41) is 35.6. The molecule has 1 amide bonds. The second-order valence-electron chi connectivity index (χ2n) is 10.6. The molecule has 0 radical (unpaired) electrons. The van der Waals surface area contributed by atoms with E-state index in [-0.39, 0.29) is 24.0 Å². The van der Waals surface area contributed by atoms with Gasteiger partial charge in [-0.1, -0.05) is 36.4 Å². The summed E-state index contributed by atoms with van der Waals surface area (Å²) in [4.78, 5) is 27.8. The van der Waals surface area contributed by atoms with Crippen molar-refractivity contribution in [3.63, 3.8) is 0 Å². The molecule has 9 heteroatoms. The molecule has 2 aliphatic carbocycles. The van der Waals surface area contributed by atoms with Crippen LogP contribution in [0.1, 0.15) is 42.6 Å². The van der Waals surface area contributed by atoms with Gasteiger partial charge in [0.1, 0.15) is 11.8 Å². The Labute approximate surface area is 214 Å². The molecule has 1 fully saturated rings. The van der Waals surface area contributed by atoms with Gasteiger partial charge >= 0.3 is 5.97 Å². The van der Waals surface area contributed by atoms with Gasteiger partial charge in [-0.05, 0) is 56.6 Å². The number of hydrogen-bond acceptors (Lipinski definition) is 8. The molecular weight excluding hydrogens is 476 g/mol. The molecule has 1 saturated heterocycles. The number of likely N-dealkylation sites (N-methyl/N-ethyl adjacent to an activating group) is 1. The standard InChI is InChI=1S/C28H30N2O7/c1-15(29-25(33)22(32)16-6-4-3-5-7-16)26(34)36-19-10-11-28(35)20-14-17-8-9-18(31)23-21(17)27(28,24(19)37-23)12-13-30(20)2/h3-10,15,20,22,24,31-32,35H,11-14H2,1-2H3,(H,29,33)/t15-,20-,22-,24-,27-,28+/m0/s1. The number of ether oxygens (including phenoxy) is 2. The molecule has 0 unspecified atom stereocenters. The summed E-state index contributed by atoms with van der Waals surface area (Å²) in [6, 6.07) is 10.7. The van der Waals surface area contributed by atoms with Gasteiger partial charge in [0.2, 0.25) is 0 Å². The molecule has 2 bridgehead atoms. The number of piperidine rings is 1. The number of amides is 1. The van der Waals surface area contributed by atoms with Gasteiger partial charge in [-0.15, -0.1) is 0 Å². The van der Waals surface area contributed by atoms with Crippen molar-refractivity contribution in [3.05, 3.63) is 71.0 Å². The fraction of sp³-hybridized carbons (Fsp3) is 0.429. The molecule has 6 atom stereocenters. The monoisotopic (exact) mass is 506 g/mol. The Morgan fingerprint density at radius 2 is 1.97 bits per heavy atom. The predicted molar refractivity (Wildman–Crippen MR) is 132 cm³/mol. The van der Waals surface area contributed by atoms with Crippen molar-refractivity contribution in [2.45, 2.75) is 61.5 Å². The number of aromatic hydroxyl groups is 1. The minimum atomic E-state index is -1.42. The van der Waals surface area contributed by atoms with Crippen LogP contribution in [0.15, 0.2) is 54.3 Å². The van der Waals surface area contributed by atoms with Crippen LogP contribution >= 0.6 is 0 Å². The lowest BCUT2D eigenvalue weighted by atomic mass is 9.50. The Balaban J connectivity index is 1.27. The molecule has 9 nitrogen and oxygen atoms in total. The maximum absolute atomic E-state index is 13.1. The van der Waals surface area contributed by atoms with Crippen LogP contribution in [0.2, 0.25) is 0 Å². The third kappa shape index (κ3) is 3.27. The summed E-state index contributed by atoms with van der Waals surface area (Å²) in [5.74, 6) is -0.855. The molecule has 4 aliphatic rings. The minimum Gasteiger partial charge on any atom is -0.504 e. The van der Waals surface area contributed by atoms with E-state index >= 15 is 0 Å². The molecule has 2 aromatic carbocycles. The van der Waals surface area contributed by atoms with Gasteiger partial charge in [0.25, 0.3) is 5.91 Å². The third-order valence-electron chi connectivity index (χ3n) is 8.65. The lowest BCUT2D eigenvalue weighted by molar-refractivity contribution is -0.170. The first kappa shape index (κ1) is 24.0. The number of carbonyl (C=O) groups excluding carboxylic acids is 2. The SMILES string of the molecule is C[C@H](NC(=O)[C@@H](O)c1ccccc1)C(=O)OC1=CC[C@@]2(O)[C@@H]3Cc4ccc(O)c5c4[C@@]2(CCN3C)[C@H]1O5. The Morgan fingerprint density at radius 1 is 1.22 bits per heavy atom. The van der Waals surface area contributed by atoms with Gasteiger partial charge in [0.05, 0.1) is 11.0 Å². The van der Waals surface area contributed by atoms with Crippen molar-refractivity contribution in [3.8, 4) is 11.5 Å². The normalized spacial score (nSPS) is 30.9. The van der Waals surface area contributed by atoms with Crippen LogP contribution in [-0.4, -0.2) is 69.5 Å². The highest BCUT2D eigenvalue weighted by atomic mass is 16.6. The Morgan fingerprint density at radius 3 is 2.73 bits per heavy atom. The summed E-state index contributed by atoms with van der Waals surface area (Å²) >= 11 is 0. The molecule has 37 heavy (non-hydrogen) atoms. The summed E-state index contributed by atoms with van der Waals surface area (Å²) in [6.07, 6.45) is 0.914. The molecule has 2 aliphatic heterocycles. The zero-order valence-corrected chi connectivity index (χ0v) is 20.7. The van der Waals surface area contributed by atoms with Crippen molar-refractivity contribution in [1.29, 1.82) is 0 Å². The van der Waals surface area contributed by atoms with Crippen molar-refractivity contribution < 1.29 is 34.4 Å². The van der Waals surface area contributed by atoms with Gasteiger partial charge < -0.3 is 35.0 Å². The third-order valence-corrected chi connectivity index (χ3v) is 8.65. The van der Waals surface area contributed by atoms with Crippen molar-refractivity contribution >= 4 is 11.9 Å². The van der Waals surface area contributed by atoms with Crippen LogP contribution in [-0.2, 0) is 26.2 Å². The fourth-order valence-electron chi connectivity index (χ4n) is 6.78. The van der Waals surface area contributed by atoms with Crippen LogP contribution in [0, 0.1) is 0 Å². The van der Waals surface area contributed by atoms with E-state index in [1.54, 1.807) is 42.5 Å². The zero-order chi connectivity index (χ0) is 26.1. The Hall–Kier alpha value is -3.40. The van der Waals surface area contributed by atoms with E-state index in [1.165, 1.54) is 6.92 Å². The number of carbonyl (C=O) groups is 2. The molecule has 1 spiro atoms. The van der Waals surface area contributed by atoms with Gasteiger partial charge in [-0.25, -0.2) is 4.79 Å². The first-order valence-corrected chi connectivity index (χ1v) is 12.6. The number of esters is 1. The van der Waals surface area contributed by atoms with E-state index in [2.05, 4.69) is 10.2 Å². The van der Waals surface area contributed by atoms with Crippen LogP contribution in [0.3, 0.4) is 0 Å². The van der Waals surface area contributed by atoms with E-state index < -0.39 is 41.1 Å². The van der Waals surface area contributed by atoms with E-state index in [0.717, 1.165) is 11.1 Å². The highest BCUT2D eigenvalue weighted by Gasteiger charge is 2.72. The van der Waals surface area contributed by atoms with Gasteiger partial charge in [-0.2, -0.15) is 0 Å². The number of benzene rings is 2. The molecule has 0 saturated carbocycles. The number of nitrogens with zero attached hydrogens (tertiary/aromatic N) is 1. The lowest BCUT2D eigenvalue weighted by Gasteiger charge is -2.61. The maximum atomic E-state index is 13.1. The smallest absolute Gasteiger partial charge is 0.333 e. The number of phenolic OH excluding ortho intramolecular Hbond substituents is 1. The number of likely N-dealkylation sites (tertiary alicyclic amines) is 1. The second kappa shape index (κ2) is 8.31. The van der Waals surface area contributed by atoms with Crippen LogP contribution in [0.4, 0.5) is 0 Å². The summed E-state index contributed by atoms with van der Waals surface area (Å²) < 4.78 is 12.1. The number of aliphatic hydroxyl groups excluding tert-OH is 1. The molecule has 2 aromatic rings. The van der Waals surface area contributed by atoms with Crippen LogP contribution in [0.5, 0.6) is 11.5 Å². The number of hydrogen-bond donors (Lipinski definition) is 4. The molecule has 4 N–H and O–H groups in total. The highest BCUT2D eigenvalue weighted by molar-refractivity contribution is 5.87. The molecule has 2 heterocycles. The van der Waals surface area contributed by atoms with Crippen LogP contribution < -0.4 is 10.1 Å². The summed E-state index contributed by atoms with van der Waals surface area (Å²) in [7, 11) is 2.00. The number of rotatable bonds is 5. The average Bonchev–Trinajstić information content (AvgIpc) is 3.25. The number of phenols is 1. The van der Waals surface area contributed by atoms with Crippen molar-refractivity contribution in [1.82, 2.24) is 10.2 Å². The van der Waals surface area contributed by atoms with Gasteiger partial charge in [0, 0.05) is 18.0 Å². The maximum Gasteiger partial charge on any atom is 0.333 e. The molecular formula is C28H30N2O7. The topological polar surface area (TPSA) is 129 Å². The van der Waals surface area contributed by atoms with E-state index in [0.29, 0.717) is 30.7 Å².